The van der Waals surface area contributed by atoms with Gasteiger partial charge >= 0.3 is 5.97 Å². The fraction of sp³-hybridized carbons (Fsp3) is 0.571. The van der Waals surface area contributed by atoms with E-state index in [0.29, 0.717) is 13.1 Å². The molecule has 0 unspecified atom stereocenters. The molecule has 108 valence electrons. The van der Waals surface area contributed by atoms with Crippen molar-refractivity contribution in [3.63, 3.8) is 0 Å². The van der Waals surface area contributed by atoms with Crippen LogP contribution in [0.5, 0.6) is 0 Å². The van der Waals surface area contributed by atoms with Crippen molar-refractivity contribution in [3.05, 3.63) is 23.7 Å². The van der Waals surface area contributed by atoms with Crippen LogP contribution in [0.25, 0.3) is 0 Å². The SMILES string of the molecule is O=C(O)c1ccc(C(=O)N2CCC3(CCOCC3)C2)o1. The van der Waals surface area contributed by atoms with Gasteiger partial charge in [0.25, 0.3) is 5.91 Å². The summed E-state index contributed by atoms with van der Waals surface area (Å²) < 4.78 is 10.5. The number of ether oxygens (including phenoxy) is 1. The van der Waals surface area contributed by atoms with Gasteiger partial charge in [0.1, 0.15) is 0 Å². The van der Waals surface area contributed by atoms with Gasteiger partial charge < -0.3 is 19.2 Å². The molecule has 3 rings (SSSR count). The van der Waals surface area contributed by atoms with E-state index < -0.39 is 5.97 Å². The van der Waals surface area contributed by atoms with Crippen molar-refractivity contribution in [1.82, 2.24) is 4.90 Å². The maximum atomic E-state index is 12.3. The fourth-order valence-corrected chi connectivity index (χ4v) is 3.04. The molecule has 0 saturated carbocycles. The van der Waals surface area contributed by atoms with E-state index in [0.717, 1.165) is 32.5 Å². The van der Waals surface area contributed by atoms with Crippen molar-refractivity contribution in [3.8, 4) is 0 Å². The van der Waals surface area contributed by atoms with Crippen LogP contribution >= 0.6 is 0 Å². The number of hydrogen-bond donors (Lipinski definition) is 1. The average Bonchev–Trinajstić information content (AvgIpc) is 3.07. The topological polar surface area (TPSA) is 80.0 Å². The molecule has 1 spiro atoms. The standard InChI is InChI=1S/C14H17NO5/c16-12(10-1-2-11(20-10)13(17)18)15-6-3-14(9-15)4-7-19-8-5-14/h1-2H,3-9H2,(H,17,18). The second kappa shape index (κ2) is 4.94. The van der Waals surface area contributed by atoms with Gasteiger partial charge in [-0.25, -0.2) is 4.79 Å². The summed E-state index contributed by atoms with van der Waals surface area (Å²) in [5.41, 5.74) is 0.177. The molecule has 0 aliphatic carbocycles. The highest BCUT2D eigenvalue weighted by Gasteiger charge is 2.41. The fourth-order valence-electron chi connectivity index (χ4n) is 3.04. The second-order valence-corrected chi connectivity index (χ2v) is 5.56. The molecular weight excluding hydrogens is 262 g/mol. The van der Waals surface area contributed by atoms with Gasteiger partial charge in [-0.1, -0.05) is 0 Å². The Morgan fingerprint density at radius 3 is 2.50 bits per heavy atom. The summed E-state index contributed by atoms with van der Waals surface area (Å²) >= 11 is 0. The Hall–Kier alpha value is -1.82. The van der Waals surface area contributed by atoms with Crippen LogP contribution in [0.15, 0.2) is 16.5 Å². The molecule has 0 aromatic carbocycles. The Labute approximate surface area is 116 Å². The number of amides is 1. The Bertz CT molecular complexity index is 529. The van der Waals surface area contributed by atoms with Crippen LogP contribution in [0.4, 0.5) is 0 Å². The molecule has 0 atom stereocenters. The Morgan fingerprint density at radius 1 is 1.15 bits per heavy atom. The van der Waals surface area contributed by atoms with E-state index in [9.17, 15) is 9.59 Å². The van der Waals surface area contributed by atoms with Gasteiger partial charge in [0.15, 0.2) is 5.76 Å². The Kier molecular flexibility index (Phi) is 3.25. The molecule has 2 aliphatic heterocycles. The second-order valence-electron chi connectivity index (χ2n) is 5.56. The van der Waals surface area contributed by atoms with Crippen molar-refractivity contribution in [2.75, 3.05) is 26.3 Å². The third kappa shape index (κ3) is 2.31. The number of carboxylic acids is 1. The molecule has 20 heavy (non-hydrogen) atoms. The van der Waals surface area contributed by atoms with Gasteiger partial charge in [0, 0.05) is 26.3 Å². The quantitative estimate of drug-likeness (QED) is 0.889. The summed E-state index contributed by atoms with van der Waals surface area (Å²) in [6.07, 6.45) is 2.94. The lowest BCUT2D eigenvalue weighted by molar-refractivity contribution is 0.0188. The van der Waals surface area contributed by atoms with Gasteiger partial charge in [-0.3, -0.25) is 4.79 Å². The van der Waals surface area contributed by atoms with E-state index in [1.807, 2.05) is 0 Å². The number of rotatable bonds is 2. The zero-order chi connectivity index (χ0) is 14.2. The van der Waals surface area contributed by atoms with Gasteiger partial charge in [-0.05, 0) is 36.8 Å². The van der Waals surface area contributed by atoms with Gasteiger partial charge in [0.05, 0.1) is 0 Å². The molecule has 6 heteroatoms. The highest BCUT2D eigenvalue weighted by atomic mass is 16.5. The monoisotopic (exact) mass is 279 g/mol. The van der Waals surface area contributed by atoms with Gasteiger partial charge in [-0.15, -0.1) is 0 Å². The highest BCUT2D eigenvalue weighted by Crippen LogP contribution is 2.40. The van der Waals surface area contributed by atoms with Crippen LogP contribution in [0.2, 0.25) is 0 Å². The molecular formula is C14H17NO5. The van der Waals surface area contributed by atoms with E-state index in [2.05, 4.69) is 0 Å². The van der Waals surface area contributed by atoms with Crippen molar-refractivity contribution in [1.29, 1.82) is 0 Å². The molecule has 0 bridgehead atoms. The number of carbonyl (C=O) groups is 2. The number of carbonyl (C=O) groups excluding carboxylic acids is 1. The molecule has 3 heterocycles. The predicted octanol–water partition coefficient (Wildman–Crippen LogP) is 1.62. The van der Waals surface area contributed by atoms with Crippen molar-refractivity contribution in [2.24, 2.45) is 5.41 Å². The smallest absolute Gasteiger partial charge is 0.371 e. The minimum absolute atomic E-state index is 0.103. The lowest BCUT2D eigenvalue weighted by Crippen LogP contribution is -2.35. The number of aromatic carboxylic acids is 1. The summed E-state index contributed by atoms with van der Waals surface area (Å²) in [5.74, 6) is -1.48. The number of nitrogens with zero attached hydrogens (tertiary/aromatic N) is 1. The first-order chi connectivity index (χ1) is 9.60. The molecule has 1 aromatic rings. The molecule has 6 nitrogen and oxygen atoms in total. The molecule has 2 aliphatic rings. The van der Waals surface area contributed by atoms with Crippen molar-refractivity contribution >= 4 is 11.9 Å². The van der Waals surface area contributed by atoms with Crippen LogP contribution in [0.1, 0.15) is 40.4 Å². The number of hydrogen-bond acceptors (Lipinski definition) is 4. The van der Waals surface area contributed by atoms with E-state index in [1.54, 1.807) is 4.90 Å². The minimum Gasteiger partial charge on any atom is -0.475 e. The zero-order valence-electron chi connectivity index (χ0n) is 11.1. The third-order valence-corrected chi connectivity index (χ3v) is 4.31. The number of carboxylic acid groups (broad SMARTS) is 1. The summed E-state index contributed by atoms with van der Waals surface area (Å²) in [4.78, 5) is 24.8. The third-order valence-electron chi connectivity index (χ3n) is 4.31. The van der Waals surface area contributed by atoms with E-state index >= 15 is 0 Å². The largest absolute Gasteiger partial charge is 0.475 e. The Morgan fingerprint density at radius 2 is 1.85 bits per heavy atom. The van der Waals surface area contributed by atoms with Crippen LogP contribution in [-0.2, 0) is 4.74 Å². The highest BCUT2D eigenvalue weighted by molar-refractivity contribution is 5.93. The van der Waals surface area contributed by atoms with Gasteiger partial charge in [-0.2, -0.15) is 0 Å². The normalized spacial score (nSPS) is 21.3. The zero-order valence-corrected chi connectivity index (χ0v) is 11.1. The number of likely N-dealkylation sites (tertiary alicyclic amines) is 1. The van der Waals surface area contributed by atoms with Gasteiger partial charge in [0.2, 0.25) is 5.76 Å². The molecule has 2 saturated heterocycles. The maximum Gasteiger partial charge on any atom is 0.371 e. The van der Waals surface area contributed by atoms with Crippen LogP contribution < -0.4 is 0 Å². The first-order valence-corrected chi connectivity index (χ1v) is 6.80. The predicted molar refractivity (Wildman–Crippen MR) is 68.7 cm³/mol. The maximum absolute atomic E-state index is 12.3. The first-order valence-electron chi connectivity index (χ1n) is 6.80. The minimum atomic E-state index is -1.16. The average molecular weight is 279 g/mol. The van der Waals surface area contributed by atoms with Crippen LogP contribution in [-0.4, -0.2) is 48.2 Å². The number of furan rings is 1. The lowest BCUT2D eigenvalue weighted by Gasteiger charge is -2.32. The van der Waals surface area contributed by atoms with E-state index in [-0.39, 0.29) is 22.8 Å². The first kappa shape index (κ1) is 13.2. The van der Waals surface area contributed by atoms with Crippen LogP contribution in [0.3, 0.4) is 0 Å². The molecule has 1 aromatic heterocycles. The molecule has 2 fully saturated rings. The van der Waals surface area contributed by atoms with E-state index in [4.69, 9.17) is 14.3 Å². The molecule has 1 N–H and O–H groups in total. The van der Waals surface area contributed by atoms with E-state index in [1.165, 1.54) is 12.1 Å². The Balaban J connectivity index is 1.70. The van der Waals surface area contributed by atoms with Crippen molar-refractivity contribution in [2.45, 2.75) is 19.3 Å². The lowest BCUT2D eigenvalue weighted by atomic mass is 9.80. The van der Waals surface area contributed by atoms with Crippen LogP contribution in [0, 0.1) is 5.41 Å². The summed E-state index contributed by atoms with van der Waals surface area (Å²) in [6, 6.07) is 2.75. The van der Waals surface area contributed by atoms with Crippen molar-refractivity contribution < 1.29 is 23.8 Å². The molecule has 0 radical (unpaired) electrons. The summed E-state index contributed by atoms with van der Waals surface area (Å²) in [5, 5.41) is 8.81. The summed E-state index contributed by atoms with van der Waals surface area (Å²) in [7, 11) is 0. The molecule has 1 amide bonds. The summed E-state index contributed by atoms with van der Waals surface area (Å²) in [6.45, 7) is 2.91.